The van der Waals surface area contributed by atoms with E-state index < -0.39 is 29.9 Å². The second kappa shape index (κ2) is 9.38. The molecule has 1 saturated heterocycles. The Morgan fingerprint density at radius 1 is 0.971 bits per heavy atom. The molecule has 1 aliphatic heterocycles. The molecule has 34 heavy (non-hydrogen) atoms. The normalized spacial score (nSPS) is 17.2. The lowest BCUT2D eigenvalue weighted by Gasteiger charge is -2.30. The van der Waals surface area contributed by atoms with Crippen molar-refractivity contribution in [3.05, 3.63) is 94.0 Å². The van der Waals surface area contributed by atoms with Crippen LogP contribution in [0, 0.1) is 11.3 Å². The van der Waals surface area contributed by atoms with Crippen LogP contribution in [0.15, 0.2) is 66.7 Å². The first-order chi connectivity index (χ1) is 16.3. The van der Waals surface area contributed by atoms with Crippen LogP contribution in [0.4, 0.5) is 0 Å². The topological polar surface area (TPSA) is 124 Å². The van der Waals surface area contributed by atoms with Crippen LogP contribution < -0.4 is 5.73 Å². The molecule has 1 fully saturated rings. The summed E-state index contributed by atoms with van der Waals surface area (Å²) in [6.45, 7) is 0. The van der Waals surface area contributed by atoms with Gasteiger partial charge in [0, 0.05) is 5.02 Å². The Kier molecular flexibility index (Phi) is 6.35. The quantitative estimate of drug-likeness (QED) is 0.568. The Bertz CT molecular complexity index is 1330. The fraction of sp³-hybridized carbons (Fsp3) is 0.154. The molecule has 7 nitrogen and oxygen atoms in total. The summed E-state index contributed by atoms with van der Waals surface area (Å²) >= 11 is 6.36. The molecular weight excluding hydrogens is 454 g/mol. The third kappa shape index (κ3) is 4.24. The number of carbonyl (C=O) groups is 3. The number of amides is 2. The predicted molar refractivity (Wildman–Crippen MR) is 126 cm³/mol. The Morgan fingerprint density at radius 2 is 1.65 bits per heavy atom. The summed E-state index contributed by atoms with van der Waals surface area (Å²) in [5.41, 5.74) is 8.14. The van der Waals surface area contributed by atoms with E-state index >= 15 is 0 Å². The Labute approximate surface area is 201 Å². The lowest BCUT2D eigenvalue weighted by molar-refractivity contribution is -0.141. The van der Waals surface area contributed by atoms with E-state index in [1.807, 2.05) is 6.07 Å². The molecule has 4 rings (SSSR count). The van der Waals surface area contributed by atoms with Crippen molar-refractivity contribution in [2.45, 2.75) is 24.9 Å². The first kappa shape index (κ1) is 23.0. The van der Waals surface area contributed by atoms with Crippen molar-refractivity contribution in [1.29, 1.82) is 5.26 Å². The number of carboxylic acid groups (broad SMARTS) is 1. The monoisotopic (exact) mass is 473 g/mol. The van der Waals surface area contributed by atoms with Gasteiger partial charge in [0.05, 0.1) is 28.8 Å². The van der Waals surface area contributed by atoms with Gasteiger partial charge < -0.3 is 15.7 Å². The highest BCUT2D eigenvalue weighted by atomic mass is 35.5. The predicted octanol–water partition coefficient (Wildman–Crippen LogP) is 4.41. The molecule has 2 amide bonds. The van der Waals surface area contributed by atoms with Crippen LogP contribution in [0.2, 0.25) is 5.02 Å². The molecule has 0 radical (unpaired) electrons. The molecule has 3 aromatic carbocycles. The number of halogens is 1. The second-order valence-corrected chi connectivity index (χ2v) is 8.40. The molecule has 0 saturated carbocycles. The van der Waals surface area contributed by atoms with Crippen LogP contribution in [0.25, 0.3) is 11.1 Å². The summed E-state index contributed by atoms with van der Waals surface area (Å²) in [5.74, 6) is -2.54. The fourth-order valence-electron chi connectivity index (χ4n) is 4.38. The van der Waals surface area contributed by atoms with Crippen LogP contribution in [0.5, 0.6) is 0 Å². The van der Waals surface area contributed by atoms with E-state index in [2.05, 4.69) is 0 Å². The molecule has 1 heterocycles. The number of nitrogens with two attached hydrogens (primary N) is 1. The average molecular weight is 474 g/mol. The molecule has 0 unspecified atom stereocenters. The molecule has 0 aromatic heterocycles. The van der Waals surface area contributed by atoms with Crippen molar-refractivity contribution in [2.24, 2.45) is 5.73 Å². The number of rotatable bonds is 5. The minimum absolute atomic E-state index is 0.0131. The van der Waals surface area contributed by atoms with E-state index in [0.29, 0.717) is 28.1 Å². The van der Waals surface area contributed by atoms with Gasteiger partial charge >= 0.3 is 5.97 Å². The standard InChI is InChI=1S/C26H20ClN3O4/c27-21-4-2-1-3-19(21)22-11-12-23(26(33)34)30(22)25(32)18-10-9-17(13-20(18)24(29)31)16-7-5-15(14-28)6-8-16/h1-10,13,22-23H,11-12H2,(H2,29,31)(H,33,34)/t22-,23+/m1/s1. The Morgan fingerprint density at radius 3 is 2.26 bits per heavy atom. The third-order valence-electron chi connectivity index (χ3n) is 6.03. The fourth-order valence-corrected chi connectivity index (χ4v) is 4.64. The number of carbonyl (C=O) groups excluding carboxylic acids is 2. The van der Waals surface area contributed by atoms with Crippen molar-refractivity contribution in [3.8, 4) is 17.2 Å². The van der Waals surface area contributed by atoms with Crippen molar-refractivity contribution in [3.63, 3.8) is 0 Å². The highest BCUT2D eigenvalue weighted by Crippen LogP contribution is 2.40. The van der Waals surface area contributed by atoms with E-state index in [1.165, 1.54) is 17.0 Å². The van der Waals surface area contributed by atoms with Crippen LogP contribution in [-0.4, -0.2) is 33.8 Å². The third-order valence-corrected chi connectivity index (χ3v) is 6.38. The van der Waals surface area contributed by atoms with Gasteiger partial charge in [0.1, 0.15) is 6.04 Å². The number of nitriles is 1. The highest BCUT2D eigenvalue weighted by Gasteiger charge is 2.43. The summed E-state index contributed by atoms with van der Waals surface area (Å²) in [6.07, 6.45) is 0.674. The molecule has 8 heteroatoms. The maximum atomic E-state index is 13.7. The number of carboxylic acids is 1. The molecule has 2 atom stereocenters. The van der Waals surface area contributed by atoms with E-state index in [4.69, 9.17) is 22.6 Å². The number of aliphatic carboxylic acids is 1. The van der Waals surface area contributed by atoms with Crippen LogP contribution in [0.1, 0.15) is 50.7 Å². The second-order valence-electron chi connectivity index (χ2n) is 7.99. The van der Waals surface area contributed by atoms with Gasteiger partial charge in [-0.2, -0.15) is 5.26 Å². The highest BCUT2D eigenvalue weighted by molar-refractivity contribution is 6.31. The number of hydrogen-bond acceptors (Lipinski definition) is 4. The van der Waals surface area contributed by atoms with Crippen molar-refractivity contribution in [2.75, 3.05) is 0 Å². The van der Waals surface area contributed by atoms with Crippen LogP contribution >= 0.6 is 11.6 Å². The molecular formula is C26H20ClN3O4. The molecule has 0 spiro atoms. The maximum Gasteiger partial charge on any atom is 0.326 e. The number of likely N-dealkylation sites (tertiary alicyclic amines) is 1. The molecule has 3 N–H and O–H groups in total. The van der Waals surface area contributed by atoms with E-state index in [1.54, 1.807) is 54.6 Å². The summed E-state index contributed by atoms with van der Waals surface area (Å²) < 4.78 is 0. The van der Waals surface area contributed by atoms with Gasteiger partial charge in [0.2, 0.25) is 5.91 Å². The Balaban J connectivity index is 1.77. The van der Waals surface area contributed by atoms with E-state index in [-0.39, 0.29) is 17.5 Å². The van der Waals surface area contributed by atoms with Crippen LogP contribution in [-0.2, 0) is 4.79 Å². The zero-order chi connectivity index (χ0) is 24.4. The smallest absolute Gasteiger partial charge is 0.326 e. The molecule has 0 bridgehead atoms. The summed E-state index contributed by atoms with van der Waals surface area (Å²) in [6, 6.07) is 18.8. The van der Waals surface area contributed by atoms with E-state index in [9.17, 15) is 19.5 Å². The van der Waals surface area contributed by atoms with Gasteiger partial charge in [-0.1, -0.05) is 48.0 Å². The first-order valence-electron chi connectivity index (χ1n) is 10.6. The lowest BCUT2D eigenvalue weighted by Crippen LogP contribution is -2.42. The summed E-state index contributed by atoms with van der Waals surface area (Å²) in [7, 11) is 0. The largest absolute Gasteiger partial charge is 0.480 e. The summed E-state index contributed by atoms with van der Waals surface area (Å²) in [4.78, 5) is 39.3. The number of benzene rings is 3. The van der Waals surface area contributed by atoms with Gasteiger partial charge in [-0.25, -0.2) is 4.79 Å². The van der Waals surface area contributed by atoms with Gasteiger partial charge in [0.15, 0.2) is 0 Å². The van der Waals surface area contributed by atoms with Gasteiger partial charge in [0.25, 0.3) is 5.91 Å². The lowest BCUT2D eigenvalue weighted by atomic mass is 9.96. The molecule has 170 valence electrons. The van der Waals surface area contributed by atoms with Crippen molar-refractivity contribution < 1.29 is 19.5 Å². The maximum absolute atomic E-state index is 13.7. The van der Waals surface area contributed by atoms with Crippen LogP contribution in [0.3, 0.4) is 0 Å². The number of hydrogen-bond donors (Lipinski definition) is 2. The zero-order valence-corrected chi connectivity index (χ0v) is 18.7. The first-order valence-corrected chi connectivity index (χ1v) is 10.9. The number of nitrogens with zero attached hydrogens (tertiary/aromatic N) is 2. The minimum atomic E-state index is -1.13. The minimum Gasteiger partial charge on any atom is -0.480 e. The van der Waals surface area contributed by atoms with Gasteiger partial charge in [-0.15, -0.1) is 0 Å². The number of primary amides is 1. The summed E-state index contributed by atoms with van der Waals surface area (Å²) in [5, 5.41) is 19.2. The zero-order valence-electron chi connectivity index (χ0n) is 17.9. The molecule has 0 aliphatic carbocycles. The van der Waals surface area contributed by atoms with E-state index in [0.717, 1.165) is 5.56 Å². The SMILES string of the molecule is N#Cc1ccc(-c2ccc(C(=O)N3[C@@H](c4ccccc4Cl)CC[C@H]3C(=O)O)c(C(N)=O)c2)cc1. The van der Waals surface area contributed by atoms with Gasteiger partial charge in [-0.05, 0) is 59.9 Å². The van der Waals surface area contributed by atoms with Gasteiger partial charge in [-0.3, -0.25) is 9.59 Å². The average Bonchev–Trinajstić information content (AvgIpc) is 3.29. The van der Waals surface area contributed by atoms with Crippen molar-refractivity contribution >= 4 is 29.4 Å². The molecule has 3 aromatic rings. The molecule has 1 aliphatic rings. The van der Waals surface area contributed by atoms with Crippen molar-refractivity contribution in [1.82, 2.24) is 4.90 Å². The Hall–Kier alpha value is -4.15.